The number of rotatable bonds is 2. The fourth-order valence-electron chi connectivity index (χ4n) is 0.901. The zero-order valence-electron chi connectivity index (χ0n) is 5.63. The molecule has 0 radical (unpaired) electrons. The normalized spacial score (nSPS) is 27.0. The second-order valence-corrected chi connectivity index (χ2v) is 2.90. The van der Waals surface area contributed by atoms with E-state index in [0.29, 0.717) is 19.8 Å². The predicted octanol–water partition coefficient (Wildman–Crippen LogP) is -0.658. The molecule has 1 fully saturated rings. The first kappa shape index (κ1) is 6.99. The summed E-state index contributed by atoms with van der Waals surface area (Å²) >= 11 is 0. The smallest absolute Gasteiger partial charge is 0.0760 e. The third kappa shape index (κ3) is 1.08. The van der Waals surface area contributed by atoms with Crippen molar-refractivity contribution in [2.45, 2.75) is 13.0 Å². The predicted molar refractivity (Wildman–Crippen MR) is 34.0 cm³/mol. The van der Waals surface area contributed by atoms with Crippen LogP contribution in [-0.4, -0.2) is 31.0 Å². The van der Waals surface area contributed by atoms with E-state index in [1.807, 2.05) is 6.92 Å². The van der Waals surface area contributed by atoms with Gasteiger partial charge in [0.25, 0.3) is 0 Å². The first-order chi connectivity index (χ1) is 4.19. The maximum absolute atomic E-state index is 9.23. The molecule has 0 amide bonds. The lowest BCUT2D eigenvalue weighted by Gasteiger charge is -2.41. The van der Waals surface area contributed by atoms with Crippen molar-refractivity contribution in [3.8, 4) is 0 Å². The van der Waals surface area contributed by atoms with E-state index in [1.54, 1.807) is 0 Å². The first-order valence-electron chi connectivity index (χ1n) is 3.15. The van der Waals surface area contributed by atoms with Gasteiger partial charge in [-0.3, -0.25) is 0 Å². The topological polar surface area (TPSA) is 55.5 Å². The van der Waals surface area contributed by atoms with Crippen LogP contribution in [-0.2, 0) is 4.74 Å². The van der Waals surface area contributed by atoms with Gasteiger partial charge in [0.15, 0.2) is 0 Å². The number of hydrogen-bond donors (Lipinski definition) is 2. The van der Waals surface area contributed by atoms with Crippen LogP contribution in [0.5, 0.6) is 0 Å². The molecule has 0 aliphatic carbocycles. The molecule has 0 spiro atoms. The monoisotopic (exact) mass is 131 g/mol. The number of aliphatic hydroxyl groups is 1. The quantitative estimate of drug-likeness (QED) is 0.523. The molecule has 1 heterocycles. The summed E-state index contributed by atoms with van der Waals surface area (Å²) in [6.07, 6.45) is -0.397. The van der Waals surface area contributed by atoms with Gasteiger partial charge in [0.2, 0.25) is 0 Å². The Bertz CT molecular complexity index is 101. The minimum Gasteiger partial charge on any atom is -0.391 e. The first-order valence-corrected chi connectivity index (χ1v) is 3.15. The average Bonchev–Trinajstić information content (AvgIpc) is 1.81. The lowest BCUT2D eigenvalue weighted by molar-refractivity contribution is -0.157. The molecule has 3 nitrogen and oxygen atoms in total. The van der Waals surface area contributed by atoms with E-state index in [0.717, 1.165) is 0 Å². The summed E-state index contributed by atoms with van der Waals surface area (Å²) in [5, 5.41) is 9.23. The third-order valence-electron chi connectivity index (χ3n) is 1.89. The molecule has 0 aromatic rings. The SMILES string of the molecule is CC1([C@H](O)CN)COC1. The Morgan fingerprint density at radius 2 is 2.33 bits per heavy atom. The molecular formula is C6H13NO2. The van der Waals surface area contributed by atoms with Crippen LogP contribution in [0, 0.1) is 5.41 Å². The van der Waals surface area contributed by atoms with Crippen molar-refractivity contribution in [2.24, 2.45) is 11.1 Å². The number of hydrogen-bond acceptors (Lipinski definition) is 3. The Morgan fingerprint density at radius 1 is 1.78 bits per heavy atom. The van der Waals surface area contributed by atoms with E-state index < -0.39 is 6.10 Å². The second kappa shape index (κ2) is 2.25. The van der Waals surface area contributed by atoms with E-state index in [2.05, 4.69) is 0 Å². The van der Waals surface area contributed by atoms with Crippen molar-refractivity contribution in [3.63, 3.8) is 0 Å². The third-order valence-corrected chi connectivity index (χ3v) is 1.89. The minimum atomic E-state index is -0.397. The standard InChI is InChI=1S/C6H13NO2/c1-6(3-9-4-6)5(8)2-7/h5,8H,2-4,7H2,1H3/t5-/m1/s1. The number of ether oxygens (including phenoxy) is 1. The molecule has 3 N–H and O–H groups in total. The molecule has 9 heavy (non-hydrogen) atoms. The summed E-state index contributed by atoms with van der Waals surface area (Å²) in [5.41, 5.74) is 5.20. The van der Waals surface area contributed by atoms with Gasteiger partial charge in [-0.15, -0.1) is 0 Å². The molecule has 1 saturated heterocycles. The van der Waals surface area contributed by atoms with Crippen LogP contribution >= 0.6 is 0 Å². The van der Waals surface area contributed by atoms with Gasteiger partial charge in [0, 0.05) is 12.0 Å². The van der Waals surface area contributed by atoms with Gasteiger partial charge in [-0.1, -0.05) is 6.92 Å². The molecule has 0 aromatic heterocycles. The van der Waals surface area contributed by atoms with E-state index in [9.17, 15) is 5.11 Å². The molecule has 0 saturated carbocycles. The summed E-state index contributed by atoms with van der Waals surface area (Å²) in [5.74, 6) is 0. The van der Waals surface area contributed by atoms with E-state index in [4.69, 9.17) is 10.5 Å². The van der Waals surface area contributed by atoms with Crippen molar-refractivity contribution < 1.29 is 9.84 Å². The van der Waals surface area contributed by atoms with Crippen molar-refractivity contribution >= 4 is 0 Å². The van der Waals surface area contributed by atoms with Gasteiger partial charge in [0.05, 0.1) is 19.3 Å². The number of aliphatic hydroxyl groups excluding tert-OH is 1. The molecule has 3 heteroatoms. The maximum Gasteiger partial charge on any atom is 0.0760 e. The summed E-state index contributed by atoms with van der Waals surface area (Å²) < 4.78 is 4.95. The Kier molecular flexibility index (Phi) is 1.75. The van der Waals surface area contributed by atoms with Gasteiger partial charge < -0.3 is 15.6 Å². The summed E-state index contributed by atoms with van der Waals surface area (Å²) in [6, 6.07) is 0. The second-order valence-electron chi connectivity index (χ2n) is 2.90. The van der Waals surface area contributed by atoms with Gasteiger partial charge in [-0.2, -0.15) is 0 Å². The molecule has 1 rings (SSSR count). The highest BCUT2D eigenvalue weighted by Gasteiger charge is 2.39. The Balaban J connectivity index is 2.38. The average molecular weight is 131 g/mol. The fraction of sp³-hybridized carbons (Fsp3) is 1.00. The molecule has 1 atom stereocenters. The molecule has 1 aliphatic rings. The van der Waals surface area contributed by atoms with E-state index in [1.165, 1.54) is 0 Å². The fourth-order valence-corrected chi connectivity index (χ4v) is 0.901. The Morgan fingerprint density at radius 3 is 2.44 bits per heavy atom. The molecule has 1 aliphatic heterocycles. The zero-order valence-corrected chi connectivity index (χ0v) is 5.63. The van der Waals surface area contributed by atoms with Crippen molar-refractivity contribution in [2.75, 3.05) is 19.8 Å². The van der Waals surface area contributed by atoms with Crippen LogP contribution in [0.15, 0.2) is 0 Å². The van der Waals surface area contributed by atoms with Crippen LogP contribution in [0.25, 0.3) is 0 Å². The lowest BCUT2D eigenvalue weighted by atomic mass is 9.82. The highest BCUT2D eigenvalue weighted by atomic mass is 16.5. The molecular weight excluding hydrogens is 118 g/mol. The maximum atomic E-state index is 9.23. The van der Waals surface area contributed by atoms with Crippen molar-refractivity contribution in [1.29, 1.82) is 0 Å². The van der Waals surface area contributed by atoms with E-state index >= 15 is 0 Å². The van der Waals surface area contributed by atoms with Crippen LogP contribution in [0.2, 0.25) is 0 Å². The Hall–Kier alpha value is -0.120. The highest BCUT2D eigenvalue weighted by molar-refractivity contribution is 4.88. The van der Waals surface area contributed by atoms with Crippen molar-refractivity contribution in [1.82, 2.24) is 0 Å². The van der Waals surface area contributed by atoms with Crippen LogP contribution in [0.3, 0.4) is 0 Å². The lowest BCUT2D eigenvalue weighted by Crippen LogP contribution is -2.51. The zero-order chi connectivity index (χ0) is 6.91. The minimum absolute atomic E-state index is 0.0608. The summed E-state index contributed by atoms with van der Waals surface area (Å²) in [6.45, 7) is 3.60. The van der Waals surface area contributed by atoms with Crippen LogP contribution in [0.4, 0.5) is 0 Å². The van der Waals surface area contributed by atoms with E-state index in [-0.39, 0.29) is 5.41 Å². The highest BCUT2D eigenvalue weighted by Crippen LogP contribution is 2.29. The summed E-state index contributed by atoms with van der Waals surface area (Å²) in [4.78, 5) is 0. The largest absolute Gasteiger partial charge is 0.391 e. The van der Waals surface area contributed by atoms with Gasteiger partial charge in [0.1, 0.15) is 0 Å². The van der Waals surface area contributed by atoms with Crippen LogP contribution < -0.4 is 5.73 Å². The van der Waals surface area contributed by atoms with Gasteiger partial charge in [-0.05, 0) is 0 Å². The van der Waals surface area contributed by atoms with Crippen molar-refractivity contribution in [3.05, 3.63) is 0 Å². The number of nitrogens with two attached hydrogens (primary N) is 1. The van der Waals surface area contributed by atoms with Gasteiger partial charge in [-0.25, -0.2) is 0 Å². The summed E-state index contributed by atoms with van der Waals surface area (Å²) in [7, 11) is 0. The van der Waals surface area contributed by atoms with Gasteiger partial charge >= 0.3 is 0 Å². The molecule has 0 unspecified atom stereocenters. The van der Waals surface area contributed by atoms with Crippen LogP contribution in [0.1, 0.15) is 6.92 Å². The molecule has 54 valence electrons. The Labute approximate surface area is 54.8 Å². The molecule has 0 aromatic carbocycles. The molecule has 0 bridgehead atoms.